The standard InChI is InChI=1S/C19H19ClN4O/c1-11-6-12(2)8-15(7-11)25-19-17(21)18(22-10-23-19)24-16-5-4-14(20)9-13(16)3/h4-10H,21H2,1-3H3,(H,22,23,24). The second kappa shape index (κ2) is 6.99. The molecule has 0 aliphatic heterocycles. The van der Waals surface area contributed by atoms with Crippen LogP contribution in [0.2, 0.25) is 5.02 Å². The van der Waals surface area contributed by atoms with Crippen molar-refractivity contribution in [2.24, 2.45) is 0 Å². The first-order valence-corrected chi connectivity index (χ1v) is 8.20. The van der Waals surface area contributed by atoms with Crippen LogP contribution in [0, 0.1) is 20.8 Å². The summed E-state index contributed by atoms with van der Waals surface area (Å²) in [7, 11) is 0. The summed E-state index contributed by atoms with van der Waals surface area (Å²) >= 11 is 5.99. The molecule has 0 aliphatic rings. The zero-order chi connectivity index (χ0) is 18.0. The predicted molar refractivity (Wildman–Crippen MR) is 102 cm³/mol. The van der Waals surface area contributed by atoms with Gasteiger partial charge in [-0.05, 0) is 67.8 Å². The molecule has 2 aromatic carbocycles. The molecule has 0 unspecified atom stereocenters. The number of nitrogens with one attached hydrogen (secondary N) is 1. The summed E-state index contributed by atoms with van der Waals surface area (Å²) in [6.07, 6.45) is 1.42. The van der Waals surface area contributed by atoms with Crippen LogP contribution in [0.3, 0.4) is 0 Å². The van der Waals surface area contributed by atoms with Crippen molar-refractivity contribution in [2.75, 3.05) is 11.1 Å². The molecule has 0 fully saturated rings. The van der Waals surface area contributed by atoms with Crippen LogP contribution in [-0.2, 0) is 0 Å². The van der Waals surface area contributed by atoms with Crippen molar-refractivity contribution in [2.45, 2.75) is 20.8 Å². The molecule has 0 aliphatic carbocycles. The third-order valence-electron chi connectivity index (χ3n) is 3.70. The highest BCUT2D eigenvalue weighted by Gasteiger charge is 2.12. The molecular weight excluding hydrogens is 336 g/mol. The average Bonchev–Trinajstić information content (AvgIpc) is 2.52. The molecule has 0 radical (unpaired) electrons. The number of benzene rings is 2. The minimum atomic E-state index is 0.314. The van der Waals surface area contributed by atoms with Gasteiger partial charge in [0.25, 0.3) is 0 Å². The number of aromatic nitrogens is 2. The fraction of sp³-hybridized carbons (Fsp3) is 0.158. The normalized spacial score (nSPS) is 10.6. The van der Waals surface area contributed by atoms with Gasteiger partial charge < -0.3 is 15.8 Å². The fourth-order valence-corrected chi connectivity index (χ4v) is 2.79. The molecule has 0 saturated heterocycles. The molecule has 0 saturated carbocycles. The van der Waals surface area contributed by atoms with Gasteiger partial charge in [-0.25, -0.2) is 4.98 Å². The summed E-state index contributed by atoms with van der Waals surface area (Å²) in [6, 6.07) is 11.5. The average molecular weight is 355 g/mol. The van der Waals surface area contributed by atoms with E-state index < -0.39 is 0 Å². The van der Waals surface area contributed by atoms with E-state index in [1.54, 1.807) is 6.07 Å². The smallest absolute Gasteiger partial charge is 0.248 e. The second-order valence-electron chi connectivity index (χ2n) is 5.95. The van der Waals surface area contributed by atoms with Crippen LogP contribution in [0.5, 0.6) is 11.6 Å². The first kappa shape index (κ1) is 17.0. The zero-order valence-corrected chi connectivity index (χ0v) is 15.1. The van der Waals surface area contributed by atoms with Gasteiger partial charge in [-0.3, -0.25) is 0 Å². The molecule has 3 N–H and O–H groups in total. The molecule has 1 heterocycles. The van der Waals surface area contributed by atoms with E-state index in [9.17, 15) is 0 Å². The Bertz CT molecular complexity index is 907. The van der Waals surface area contributed by atoms with Crippen LogP contribution in [0.4, 0.5) is 17.2 Å². The summed E-state index contributed by atoms with van der Waals surface area (Å²) in [5.74, 6) is 1.49. The maximum Gasteiger partial charge on any atom is 0.248 e. The topological polar surface area (TPSA) is 73.1 Å². The monoisotopic (exact) mass is 354 g/mol. The van der Waals surface area contributed by atoms with Crippen molar-refractivity contribution >= 4 is 28.8 Å². The Morgan fingerprint density at radius 1 is 1.00 bits per heavy atom. The summed E-state index contributed by atoms with van der Waals surface area (Å²) in [5, 5.41) is 3.88. The molecule has 6 heteroatoms. The van der Waals surface area contributed by atoms with E-state index in [1.807, 2.05) is 45.0 Å². The van der Waals surface area contributed by atoms with E-state index in [1.165, 1.54) is 6.33 Å². The van der Waals surface area contributed by atoms with Gasteiger partial charge in [-0.1, -0.05) is 17.7 Å². The van der Waals surface area contributed by atoms with Crippen molar-refractivity contribution < 1.29 is 4.74 Å². The predicted octanol–water partition coefficient (Wildman–Crippen LogP) is 5.17. The van der Waals surface area contributed by atoms with Gasteiger partial charge >= 0.3 is 0 Å². The maximum atomic E-state index is 6.20. The largest absolute Gasteiger partial charge is 0.437 e. The first-order chi connectivity index (χ1) is 11.9. The van der Waals surface area contributed by atoms with Gasteiger partial charge in [0, 0.05) is 10.7 Å². The molecule has 128 valence electrons. The number of hydrogen-bond donors (Lipinski definition) is 2. The quantitative estimate of drug-likeness (QED) is 0.675. The fourth-order valence-electron chi connectivity index (χ4n) is 2.56. The molecule has 0 spiro atoms. The highest BCUT2D eigenvalue weighted by atomic mass is 35.5. The Labute approximate surface area is 151 Å². The molecule has 5 nitrogen and oxygen atoms in total. The third kappa shape index (κ3) is 4.00. The number of aryl methyl sites for hydroxylation is 3. The van der Waals surface area contributed by atoms with E-state index in [-0.39, 0.29) is 0 Å². The molecule has 25 heavy (non-hydrogen) atoms. The second-order valence-corrected chi connectivity index (χ2v) is 6.39. The Balaban J connectivity index is 1.89. The van der Waals surface area contributed by atoms with Crippen molar-refractivity contribution in [1.82, 2.24) is 9.97 Å². The lowest BCUT2D eigenvalue weighted by atomic mass is 10.1. The van der Waals surface area contributed by atoms with Gasteiger partial charge in [0.05, 0.1) is 0 Å². The number of nitrogens with zero attached hydrogens (tertiary/aromatic N) is 2. The van der Waals surface area contributed by atoms with Crippen molar-refractivity contribution in [3.63, 3.8) is 0 Å². The molecule has 0 amide bonds. The van der Waals surface area contributed by atoms with Crippen LogP contribution in [0.1, 0.15) is 16.7 Å². The Morgan fingerprint density at radius 2 is 1.72 bits per heavy atom. The summed E-state index contributed by atoms with van der Waals surface area (Å²) < 4.78 is 5.86. The molecular formula is C19H19ClN4O. The van der Waals surface area contributed by atoms with Crippen LogP contribution in [0.25, 0.3) is 0 Å². The minimum Gasteiger partial charge on any atom is -0.437 e. The van der Waals surface area contributed by atoms with Crippen LogP contribution in [0.15, 0.2) is 42.7 Å². The lowest BCUT2D eigenvalue weighted by Crippen LogP contribution is -2.04. The number of halogens is 1. The number of anilines is 3. The highest BCUT2D eigenvalue weighted by Crippen LogP contribution is 2.32. The van der Waals surface area contributed by atoms with Crippen LogP contribution >= 0.6 is 11.6 Å². The van der Waals surface area contributed by atoms with E-state index in [4.69, 9.17) is 22.1 Å². The molecule has 3 aromatic rings. The number of hydrogen-bond acceptors (Lipinski definition) is 5. The van der Waals surface area contributed by atoms with Crippen LogP contribution < -0.4 is 15.8 Å². The lowest BCUT2D eigenvalue weighted by Gasteiger charge is -2.13. The molecule has 0 atom stereocenters. The SMILES string of the molecule is Cc1cc(C)cc(Oc2ncnc(Nc3ccc(Cl)cc3C)c2N)c1. The summed E-state index contributed by atoms with van der Waals surface area (Å²) in [5.41, 5.74) is 10.6. The third-order valence-corrected chi connectivity index (χ3v) is 3.93. The summed E-state index contributed by atoms with van der Waals surface area (Å²) in [4.78, 5) is 8.37. The van der Waals surface area contributed by atoms with Crippen molar-refractivity contribution in [3.8, 4) is 11.6 Å². The van der Waals surface area contributed by atoms with Gasteiger partial charge in [-0.2, -0.15) is 4.98 Å². The van der Waals surface area contributed by atoms with Gasteiger partial charge in [0.1, 0.15) is 17.8 Å². The molecule has 1 aromatic heterocycles. The first-order valence-electron chi connectivity index (χ1n) is 7.82. The highest BCUT2D eigenvalue weighted by molar-refractivity contribution is 6.30. The number of nitrogen functional groups attached to an aromatic ring is 1. The van der Waals surface area contributed by atoms with Gasteiger partial charge in [0.2, 0.25) is 5.88 Å². The molecule has 3 rings (SSSR count). The maximum absolute atomic E-state index is 6.20. The van der Waals surface area contributed by atoms with Crippen molar-refractivity contribution in [1.29, 1.82) is 0 Å². The molecule has 0 bridgehead atoms. The van der Waals surface area contributed by atoms with E-state index in [0.29, 0.717) is 28.2 Å². The Morgan fingerprint density at radius 3 is 2.40 bits per heavy atom. The Hall–Kier alpha value is -2.79. The van der Waals surface area contributed by atoms with Gasteiger partial charge in [0.15, 0.2) is 5.82 Å². The zero-order valence-electron chi connectivity index (χ0n) is 14.3. The van der Waals surface area contributed by atoms with Crippen LogP contribution in [-0.4, -0.2) is 9.97 Å². The van der Waals surface area contributed by atoms with Crippen molar-refractivity contribution in [3.05, 3.63) is 64.4 Å². The number of rotatable bonds is 4. The van der Waals surface area contributed by atoms with Gasteiger partial charge in [-0.15, -0.1) is 0 Å². The van der Waals surface area contributed by atoms with E-state index in [2.05, 4.69) is 21.4 Å². The lowest BCUT2D eigenvalue weighted by molar-refractivity contribution is 0.464. The number of ether oxygens (including phenoxy) is 1. The summed E-state index contributed by atoms with van der Waals surface area (Å²) in [6.45, 7) is 5.98. The Kier molecular flexibility index (Phi) is 4.76. The van der Waals surface area contributed by atoms with E-state index in [0.717, 1.165) is 22.4 Å². The number of nitrogens with two attached hydrogens (primary N) is 1. The van der Waals surface area contributed by atoms with E-state index >= 15 is 0 Å². The minimum absolute atomic E-state index is 0.314.